The van der Waals surface area contributed by atoms with Gasteiger partial charge in [-0.3, -0.25) is 9.59 Å². The van der Waals surface area contributed by atoms with Crippen LogP contribution in [0.25, 0.3) is 6.08 Å². The number of halogens is 4. The molecule has 19 heavy (non-hydrogen) atoms. The van der Waals surface area contributed by atoms with E-state index < -0.39 is 34.9 Å². The largest absolute Gasteiger partial charge is 0.481 e. The summed E-state index contributed by atoms with van der Waals surface area (Å²) in [5.41, 5.74) is -0.905. The van der Waals surface area contributed by atoms with Crippen molar-refractivity contribution >= 4 is 29.4 Å². The van der Waals surface area contributed by atoms with Gasteiger partial charge in [0.1, 0.15) is 6.42 Å². The van der Waals surface area contributed by atoms with Gasteiger partial charge in [0.15, 0.2) is 5.78 Å². The third-order valence-corrected chi connectivity index (χ3v) is 2.41. The lowest BCUT2D eigenvalue weighted by molar-refractivity contribution is -0.139. The van der Waals surface area contributed by atoms with E-state index in [2.05, 4.69) is 0 Å². The molecule has 1 aromatic rings. The quantitative estimate of drug-likeness (QED) is 0.683. The van der Waals surface area contributed by atoms with Crippen LogP contribution in [0.2, 0.25) is 5.02 Å². The lowest BCUT2D eigenvalue weighted by Gasteiger charge is -2.09. The highest BCUT2D eigenvalue weighted by Gasteiger charge is 2.33. The highest BCUT2D eigenvalue weighted by atomic mass is 35.5. The summed E-state index contributed by atoms with van der Waals surface area (Å²) in [5.74, 6) is -2.02. The number of carboxylic acid groups (broad SMARTS) is 1. The number of carbonyl (C=O) groups excluding carboxylic acids is 1. The fourth-order valence-electron chi connectivity index (χ4n) is 1.26. The monoisotopic (exact) mass is 292 g/mol. The van der Waals surface area contributed by atoms with Crippen LogP contribution in [0.15, 0.2) is 24.3 Å². The molecule has 0 heterocycles. The maximum absolute atomic E-state index is 12.5. The molecule has 1 N–H and O–H groups in total. The summed E-state index contributed by atoms with van der Waals surface area (Å²) in [5, 5.41) is 7.90. The highest BCUT2D eigenvalue weighted by molar-refractivity contribution is 6.31. The number of hydrogen-bond acceptors (Lipinski definition) is 2. The van der Waals surface area contributed by atoms with E-state index in [1.807, 2.05) is 0 Å². The molecule has 0 aliphatic carbocycles. The minimum atomic E-state index is -4.59. The molecule has 1 aromatic carbocycles. The highest BCUT2D eigenvalue weighted by Crippen LogP contribution is 2.35. The summed E-state index contributed by atoms with van der Waals surface area (Å²) in [7, 11) is 0. The summed E-state index contributed by atoms with van der Waals surface area (Å²) in [6.07, 6.45) is -3.28. The number of ketones is 1. The minimum absolute atomic E-state index is 0.107. The van der Waals surface area contributed by atoms with Gasteiger partial charge in [0.25, 0.3) is 0 Å². The number of rotatable bonds is 4. The molecule has 0 aliphatic rings. The Morgan fingerprint density at radius 1 is 1.32 bits per heavy atom. The van der Waals surface area contributed by atoms with Crippen molar-refractivity contribution in [1.82, 2.24) is 0 Å². The Kier molecular flexibility index (Phi) is 4.72. The van der Waals surface area contributed by atoms with Gasteiger partial charge >= 0.3 is 12.1 Å². The van der Waals surface area contributed by atoms with Gasteiger partial charge in [0, 0.05) is 0 Å². The number of carboxylic acids is 1. The number of hydrogen-bond donors (Lipinski definition) is 1. The predicted molar refractivity (Wildman–Crippen MR) is 62.7 cm³/mol. The van der Waals surface area contributed by atoms with E-state index in [-0.39, 0.29) is 5.56 Å². The summed E-state index contributed by atoms with van der Waals surface area (Å²) in [4.78, 5) is 21.3. The van der Waals surface area contributed by atoms with Gasteiger partial charge in [-0.15, -0.1) is 0 Å². The van der Waals surface area contributed by atoms with Crippen molar-refractivity contribution in [2.75, 3.05) is 0 Å². The molecule has 0 fully saturated rings. The maximum atomic E-state index is 12.5. The Hall–Kier alpha value is -1.82. The molecule has 0 atom stereocenters. The molecule has 0 saturated heterocycles. The molecule has 0 spiro atoms. The fourth-order valence-corrected chi connectivity index (χ4v) is 1.49. The first-order valence-corrected chi connectivity index (χ1v) is 5.37. The SMILES string of the molecule is O=C(O)CC(=O)C=Cc1ccc(Cl)c(C(F)(F)F)c1. The molecule has 0 aromatic heterocycles. The first-order valence-electron chi connectivity index (χ1n) is 4.99. The molecular weight excluding hydrogens is 285 g/mol. The number of aliphatic carboxylic acids is 1. The maximum Gasteiger partial charge on any atom is 0.417 e. The van der Waals surface area contributed by atoms with Gasteiger partial charge in [0.05, 0.1) is 10.6 Å². The van der Waals surface area contributed by atoms with E-state index in [9.17, 15) is 22.8 Å². The second kappa shape index (κ2) is 5.88. The van der Waals surface area contributed by atoms with E-state index in [1.54, 1.807) is 0 Å². The number of allylic oxidation sites excluding steroid dienone is 1. The number of carbonyl (C=O) groups is 2. The summed E-state index contributed by atoms with van der Waals surface area (Å²) < 4.78 is 37.6. The molecule has 7 heteroatoms. The zero-order chi connectivity index (χ0) is 14.6. The van der Waals surface area contributed by atoms with E-state index in [4.69, 9.17) is 16.7 Å². The van der Waals surface area contributed by atoms with Gasteiger partial charge in [-0.25, -0.2) is 0 Å². The topological polar surface area (TPSA) is 54.4 Å². The first-order chi connectivity index (χ1) is 8.70. The molecule has 0 radical (unpaired) electrons. The minimum Gasteiger partial charge on any atom is -0.481 e. The lowest BCUT2D eigenvalue weighted by Crippen LogP contribution is -2.06. The van der Waals surface area contributed by atoms with Gasteiger partial charge in [-0.2, -0.15) is 13.2 Å². The van der Waals surface area contributed by atoms with Crippen LogP contribution < -0.4 is 0 Å². The van der Waals surface area contributed by atoms with Crippen LogP contribution in [0.1, 0.15) is 17.5 Å². The zero-order valence-electron chi connectivity index (χ0n) is 9.37. The normalized spacial score (nSPS) is 11.8. The van der Waals surface area contributed by atoms with Crippen LogP contribution in [-0.2, 0) is 15.8 Å². The van der Waals surface area contributed by atoms with Crippen LogP contribution in [0.3, 0.4) is 0 Å². The lowest BCUT2D eigenvalue weighted by atomic mass is 10.1. The van der Waals surface area contributed by atoms with Crippen LogP contribution in [0, 0.1) is 0 Å². The van der Waals surface area contributed by atoms with Crippen molar-refractivity contribution < 1.29 is 27.9 Å². The van der Waals surface area contributed by atoms with Gasteiger partial charge in [0.2, 0.25) is 0 Å². The van der Waals surface area contributed by atoms with Crippen molar-refractivity contribution in [1.29, 1.82) is 0 Å². The Bertz CT molecular complexity index is 536. The van der Waals surface area contributed by atoms with Gasteiger partial charge < -0.3 is 5.11 Å². The second-order valence-electron chi connectivity index (χ2n) is 3.61. The Labute approximate surface area is 111 Å². The smallest absolute Gasteiger partial charge is 0.417 e. The predicted octanol–water partition coefficient (Wildman–Crippen LogP) is 3.42. The molecule has 102 valence electrons. The summed E-state index contributed by atoms with van der Waals surface area (Å²) in [6.45, 7) is 0. The third-order valence-electron chi connectivity index (χ3n) is 2.08. The van der Waals surface area contributed by atoms with Crippen LogP contribution in [-0.4, -0.2) is 16.9 Å². The number of benzene rings is 1. The van der Waals surface area contributed by atoms with Crippen molar-refractivity contribution in [2.24, 2.45) is 0 Å². The van der Waals surface area contributed by atoms with E-state index >= 15 is 0 Å². The molecule has 1 rings (SSSR count). The summed E-state index contributed by atoms with van der Waals surface area (Å²) in [6, 6.07) is 3.14. The zero-order valence-corrected chi connectivity index (χ0v) is 10.1. The standard InChI is InChI=1S/C12H8ClF3O3/c13-10-4-2-7(5-9(10)12(14,15)16)1-3-8(17)6-11(18)19/h1-5H,6H2,(H,18,19). The van der Waals surface area contributed by atoms with Gasteiger partial charge in [-0.1, -0.05) is 23.7 Å². The van der Waals surface area contributed by atoms with Crippen LogP contribution in [0.5, 0.6) is 0 Å². The van der Waals surface area contributed by atoms with Crippen LogP contribution >= 0.6 is 11.6 Å². The van der Waals surface area contributed by atoms with Crippen LogP contribution in [0.4, 0.5) is 13.2 Å². The Morgan fingerprint density at radius 2 is 1.95 bits per heavy atom. The van der Waals surface area contributed by atoms with E-state index in [1.165, 1.54) is 6.07 Å². The van der Waals surface area contributed by atoms with Crippen molar-refractivity contribution in [2.45, 2.75) is 12.6 Å². The van der Waals surface area contributed by atoms with Crippen molar-refractivity contribution in [3.63, 3.8) is 0 Å². The molecule has 0 bridgehead atoms. The third kappa shape index (κ3) is 4.75. The molecule has 0 amide bonds. The Balaban J connectivity index is 2.95. The molecule has 0 saturated carbocycles. The average Bonchev–Trinajstić information content (AvgIpc) is 2.25. The van der Waals surface area contributed by atoms with Crippen molar-refractivity contribution in [3.8, 4) is 0 Å². The first kappa shape index (κ1) is 15.2. The second-order valence-corrected chi connectivity index (χ2v) is 4.01. The fraction of sp³-hybridized carbons (Fsp3) is 0.167. The average molecular weight is 293 g/mol. The number of alkyl halides is 3. The molecular formula is C12H8ClF3O3. The van der Waals surface area contributed by atoms with E-state index in [0.717, 1.165) is 24.3 Å². The molecule has 3 nitrogen and oxygen atoms in total. The molecule has 0 unspecified atom stereocenters. The summed E-state index contributed by atoms with van der Waals surface area (Å²) >= 11 is 5.42. The molecule has 0 aliphatic heterocycles. The van der Waals surface area contributed by atoms with E-state index in [0.29, 0.717) is 0 Å². The Morgan fingerprint density at radius 3 is 2.47 bits per heavy atom. The van der Waals surface area contributed by atoms with Gasteiger partial charge in [-0.05, 0) is 23.8 Å². The van der Waals surface area contributed by atoms with Crippen molar-refractivity contribution in [3.05, 3.63) is 40.4 Å².